The lowest BCUT2D eigenvalue weighted by atomic mass is 10.2. The molecule has 0 aliphatic carbocycles. The third-order valence-corrected chi connectivity index (χ3v) is 4.73. The predicted octanol–water partition coefficient (Wildman–Crippen LogP) is 2.67. The Morgan fingerprint density at radius 1 is 1.07 bits per heavy atom. The molecule has 0 bridgehead atoms. The molecular formula is C22H27ClN2O4. The van der Waals surface area contributed by atoms with Crippen LogP contribution in [0, 0.1) is 0 Å². The minimum atomic E-state index is -0.693. The number of piperazine rings is 1. The second-order valence-corrected chi connectivity index (χ2v) is 6.54. The van der Waals surface area contributed by atoms with Crippen LogP contribution in [0.1, 0.15) is 5.56 Å². The first-order valence-electron chi connectivity index (χ1n) is 9.37. The lowest BCUT2D eigenvalue weighted by Gasteiger charge is -2.36. The van der Waals surface area contributed by atoms with Crippen molar-refractivity contribution < 1.29 is 19.4 Å². The molecule has 1 aliphatic heterocycles. The predicted molar refractivity (Wildman–Crippen MR) is 115 cm³/mol. The van der Waals surface area contributed by atoms with Gasteiger partial charge in [0.2, 0.25) is 5.91 Å². The Hall–Kier alpha value is -2.54. The number of aliphatic hydroxyl groups is 1. The van der Waals surface area contributed by atoms with Gasteiger partial charge in [0.25, 0.3) is 0 Å². The molecular weight excluding hydrogens is 392 g/mol. The zero-order valence-electron chi connectivity index (χ0n) is 16.4. The summed E-state index contributed by atoms with van der Waals surface area (Å²) in [5, 5.41) is 10.3. The number of hydrogen-bond acceptors (Lipinski definition) is 5. The van der Waals surface area contributed by atoms with Gasteiger partial charge in [0, 0.05) is 37.8 Å². The highest BCUT2D eigenvalue weighted by molar-refractivity contribution is 5.92. The van der Waals surface area contributed by atoms with Gasteiger partial charge in [0.05, 0.1) is 7.11 Å². The van der Waals surface area contributed by atoms with Crippen molar-refractivity contribution in [1.82, 2.24) is 9.80 Å². The fourth-order valence-electron chi connectivity index (χ4n) is 3.10. The van der Waals surface area contributed by atoms with E-state index in [0.717, 1.165) is 17.1 Å². The average molecular weight is 419 g/mol. The van der Waals surface area contributed by atoms with Crippen LogP contribution in [0.2, 0.25) is 0 Å². The molecule has 7 heteroatoms. The quantitative estimate of drug-likeness (QED) is 0.700. The molecule has 2 aromatic rings. The number of carbonyl (C=O) groups is 1. The fraction of sp³-hybridized carbons (Fsp3) is 0.318. The topological polar surface area (TPSA) is 62.2 Å². The van der Waals surface area contributed by atoms with Crippen molar-refractivity contribution in [2.75, 3.05) is 39.9 Å². The van der Waals surface area contributed by atoms with Crippen molar-refractivity contribution in [2.24, 2.45) is 0 Å². The number of aliphatic hydroxyl groups excluding tert-OH is 1. The third kappa shape index (κ3) is 6.49. The maximum atomic E-state index is 12.5. The molecule has 0 spiro atoms. The van der Waals surface area contributed by atoms with Gasteiger partial charge in [-0.15, -0.1) is 12.4 Å². The highest BCUT2D eigenvalue weighted by Gasteiger charge is 2.24. The van der Waals surface area contributed by atoms with Gasteiger partial charge in [-0.25, -0.2) is 0 Å². The molecule has 1 atom stereocenters. The number of halogens is 1. The van der Waals surface area contributed by atoms with E-state index in [1.54, 1.807) is 24.2 Å². The summed E-state index contributed by atoms with van der Waals surface area (Å²) >= 11 is 0. The SMILES string of the molecule is COc1ccccc1C=CC(=O)N1CCN(C(O)COc2ccccc2)CC1.Cl. The van der Waals surface area contributed by atoms with E-state index < -0.39 is 6.23 Å². The molecule has 1 heterocycles. The van der Waals surface area contributed by atoms with Crippen molar-refractivity contribution in [2.45, 2.75) is 6.23 Å². The number of hydrogen-bond donors (Lipinski definition) is 1. The molecule has 1 aliphatic rings. The first-order valence-corrected chi connectivity index (χ1v) is 9.37. The Morgan fingerprint density at radius 2 is 1.72 bits per heavy atom. The molecule has 2 aromatic carbocycles. The van der Waals surface area contributed by atoms with E-state index in [1.165, 1.54) is 0 Å². The van der Waals surface area contributed by atoms with E-state index in [4.69, 9.17) is 9.47 Å². The molecule has 1 unspecified atom stereocenters. The van der Waals surface area contributed by atoms with Crippen molar-refractivity contribution in [3.63, 3.8) is 0 Å². The van der Waals surface area contributed by atoms with Gasteiger partial charge < -0.3 is 19.5 Å². The monoisotopic (exact) mass is 418 g/mol. The van der Waals surface area contributed by atoms with Crippen LogP contribution in [-0.2, 0) is 4.79 Å². The van der Waals surface area contributed by atoms with Crippen molar-refractivity contribution in [1.29, 1.82) is 0 Å². The maximum absolute atomic E-state index is 12.5. The van der Waals surface area contributed by atoms with E-state index in [9.17, 15) is 9.90 Å². The normalized spacial score (nSPS) is 15.6. The first kappa shape index (κ1) is 22.7. The Bertz CT molecular complexity index is 792. The molecule has 1 fully saturated rings. The number of carbonyl (C=O) groups excluding carboxylic acids is 1. The standard InChI is InChI=1S/C22H26N2O4.ClH/c1-27-20-10-6-5-7-18(20)11-12-21(25)23-13-15-24(16-14-23)22(26)17-28-19-8-3-2-4-9-19;/h2-12,22,26H,13-17H2,1H3;1H. The maximum Gasteiger partial charge on any atom is 0.246 e. The highest BCUT2D eigenvalue weighted by atomic mass is 35.5. The van der Waals surface area contributed by atoms with Crippen LogP contribution in [-0.4, -0.2) is 66.9 Å². The zero-order chi connectivity index (χ0) is 19.8. The fourth-order valence-corrected chi connectivity index (χ4v) is 3.10. The van der Waals surface area contributed by atoms with Crippen LogP contribution in [0.15, 0.2) is 60.7 Å². The molecule has 6 nitrogen and oxygen atoms in total. The summed E-state index contributed by atoms with van der Waals surface area (Å²) in [6.07, 6.45) is 2.65. The van der Waals surface area contributed by atoms with Gasteiger partial charge in [-0.05, 0) is 24.3 Å². The molecule has 3 rings (SSSR count). The third-order valence-electron chi connectivity index (χ3n) is 4.73. The lowest BCUT2D eigenvalue weighted by molar-refractivity contribution is -0.130. The van der Waals surface area contributed by atoms with Crippen LogP contribution in [0.5, 0.6) is 11.5 Å². The number of amides is 1. The lowest BCUT2D eigenvalue weighted by Crippen LogP contribution is -2.53. The number of ether oxygens (including phenoxy) is 2. The summed E-state index contributed by atoms with van der Waals surface area (Å²) in [6, 6.07) is 17.0. The van der Waals surface area contributed by atoms with Crippen molar-refractivity contribution in [3.05, 3.63) is 66.2 Å². The Labute approximate surface area is 177 Å². The Kier molecular flexibility index (Phi) is 8.99. The van der Waals surface area contributed by atoms with Crippen molar-refractivity contribution in [3.8, 4) is 11.5 Å². The minimum absolute atomic E-state index is 0. The Balaban J connectivity index is 0.00000300. The van der Waals surface area contributed by atoms with Gasteiger partial charge in [0.1, 0.15) is 24.3 Å². The second-order valence-electron chi connectivity index (χ2n) is 6.54. The molecule has 29 heavy (non-hydrogen) atoms. The second kappa shape index (κ2) is 11.5. The zero-order valence-corrected chi connectivity index (χ0v) is 17.3. The van der Waals surface area contributed by atoms with Crippen LogP contribution in [0.4, 0.5) is 0 Å². The highest BCUT2D eigenvalue weighted by Crippen LogP contribution is 2.19. The largest absolute Gasteiger partial charge is 0.496 e. The number of rotatable bonds is 7. The summed E-state index contributed by atoms with van der Waals surface area (Å²) < 4.78 is 10.9. The molecule has 0 aromatic heterocycles. The summed E-state index contributed by atoms with van der Waals surface area (Å²) in [5.74, 6) is 1.43. The number of benzene rings is 2. The molecule has 1 saturated heterocycles. The van der Waals surface area contributed by atoms with Crippen molar-refractivity contribution >= 4 is 24.4 Å². The molecule has 0 saturated carbocycles. The molecule has 1 amide bonds. The Morgan fingerprint density at radius 3 is 2.41 bits per heavy atom. The van der Waals surface area contributed by atoms with Crippen LogP contribution in [0.25, 0.3) is 6.08 Å². The van der Waals surface area contributed by atoms with E-state index in [0.29, 0.717) is 26.2 Å². The van der Waals surface area contributed by atoms with Crippen LogP contribution >= 0.6 is 12.4 Å². The van der Waals surface area contributed by atoms with E-state index in [2.05, 4.69) is 0 Å². The smallest absolute Gasteiger partial charge is 0.246 e. The molecule has 1 N–H and O–H groups in total. The average Bonchev–Trinajstić information content (AvgIpc) is 2.76. The van der Waals surface area contributed by atoms with Crippen LogP contribution in [0.3, 0.4) is 0 Å². The van der Waals surface area contributed by atoms with Gasteiger partial charge in [-0.1, -0.05) is 36.4 Å². The van der Waals surface area contributed by atoms with Gasteiger partial charge in [0.15, 0.2) is 0 Å². The number of para-hydroxylation sites is 2. The van der Waals surface area contributed by atoms with Gasteiger partial charge >= 0.3 is 0 Å². The number of nitrogens with zero attached hydrogens (tertiary/aromatic N) is 2. The van der Waals surface area contributed by atoms with E-state index >= 15 is 0 Å². The van der Waals surface area contributed by atoms with E-state index in [1.807, 2.05) is 59.5 Å². The minimum Gasteiger partial charge on any atom is -0.496 e. The first-order chi connectivity index (χ1) is 13.7. The molecule has 156 valence electrons. The van der Waals surface area contributed by atoms with Gasteiger partial charge in [-0.3, -0.25) is 9.69 Å². The number of methoxy groups -OCH3 is 1. The molecule has 0 radical (unpaired) electrons. The summed E-state index contributed by atoms with van der Waals surface area (Å²) in [5.41, 5.74) is 0.866. The van der Waals surface area contributed by atoms with Crippen LogP contribution < -0.4 is 9.47 Å². The summed E-state index contributed by atoms with van der Waals surface area (Å²) in [4.78, 5) is 16.2. The van der Waals surface area contributed by atoms with Gasteiger partial charge in [-0.2, -0.15) is 0 Å². The summed E-state index contributed by atoms with van der Waals surface area (Å²) in [7, 11) is 1.61. The summed E-state index contributed by atoms with van der Waals surface area (Å²) in [6.45, 7) is 2.54. The van der Waals surface area contributed by atoms with E-state index in [-0.39, 0.29) is 24.9 Å².